The molecule has 0 amide bonds. The molecule has 31 heavy (non-hydrogen) atoms. The molecule has 0 aromatic heterocycles. The van der Waals surface area contributed by atoms with Crippen LogP contribution in [0, 0.1) is 40.4 Å². The lowest BCUT2D eigenvalue weighted by Gasteiger charge is -2.60. The highest BCUT2D eigenvalue weighted by atomic mass is 16.3. The molecule has 10 unspecified atom stereocenters. The zero-order valence-electron chi connectivity index (χ0n) is 19.9. The van der Waals surface area contributed by atoms with Crippen molar-refractivity contribution in [3.63, 3.8) is 0 Å². The maximum absolute atomic E-state index is 13.2. The van der Waals surface area contributed by atoms with Gasteiger partial charge in [-0.15, -0.1) is 0 Å². The minimum Gasteiger partial charge on any atom is -0.393 e. The molecule has 10 atom stereocenters. The molecule has 0 aromatic carbocycles. The van der Waals surface area contributed by atoms with Crippen LogP contribution in [-0.4, -0.2) is 50.1 Å². The van der Waals surface area contributed by atoms with Crippen LogP contribution in [0.25, 0.3) is 0 Å². The van der Waals surface area contributed by atoms with Gasteiger partial charge in [0, 0.05) is 12.3 Å². The molecule has 4 fully saturated rings. The second kappa shape index (κ2) is 8.07. The van der Waals surface area contributed by atoms with Crippen LogP contribution in [0.5, 0.6) is 0 Å². The smallest absolute Gasteiger partial charge is 0.136 e. The first-order valence-corrected chi connectivity index (χ1v) is 12.7. The molecule has 0 radical (unpaired) electrons. The summed E-state index contributed by atoms with van der Waals surface area (Å²) in [4.78, 5) is 13.2. The Kier molecular flexibility index (Phi) is 6.16. The fraction of sp³-hybridized carbons (Fsp3) is 0.962. The van der Waals surface area contributed by atoms with Gasteiger partial charge in [0.05, 0.1) is 23.9 Å². The molecule has 0 aliphatic heterocycles. The Balaban J connectivity index is 1.50. The number of Topliss-reactive ketones (excluding diaryl/α,β-unsaturated/α-hetero) is 1. The Morgan fingerprint density at radius 1 is 1.06 bits per heavy atom. The fourth-order valence-electron chi connectivity index (χ4n) is 8.69. The van der Waals surface area contributed by atoms with Crippen molar-refractivity contribution in [2.75, 3.05) is 0 Å². The lowest BCUT2D eigenvalue weighted by Crippen LogP contribution is -2.59. The number of carbonyl (C=O) groups excluding carboxylic acids is 1. The molecule has 0 bridgehead atoms. The van der Waals surface area contributed by atoms with Gasteiger partial charge in [0.2, 0.25) is 0 Å². The number of aliphatic hydroxyl groups is 4. The van der Waals surface area contributed by atoms with Crippen molar-refractivity contribution in [3.05, 3.63) is 0 Å². The third-order valence-corrected chi connectivity index (χ3v) is 10.3. The Hall–Kier alpha value is -0.490. The molecule has 4 aliphatic carbocycles. The summed E-state index contributed by atoms with van der Waals surface area (Å²) < 4.78 is 0. The van der Waals surface area contributed by atoms with E-state index in [1.807, 2.05) is 13.8 Å². The molecular weight excluding hydrogens is 392 g/mol. The Morgan fingerprint density at radius 2 is 1.74 bits per heavy atom. The van der Waals surface area contributed by atoms with Crippen LogP contribution in [0.1, 0.15) is 91.9 Å². The first-order chi connectivity index (χ1) is 14.4. The van der Waals surface area contributed by atoms with E-state index < -0.39 is 17.8 Å². The predicted octanol–water partition coefficient (Wildman–Crippen LogP) is 3.46. The van der Waals surface area contributed by atoms with Gasteiger partial charge < -0.3 is 20.4 Å². The van der Waals surface area contributed by atoms with Crippen molar-refractivity contribution in [2.24, 2.45) is 40.4 Å². The monoisotopic (exact) mass is 436 g/mol. The van der Waals surface area contributed by atoms with Gasteiger partial charge in [-0.25, -0.2) is 0 Å². The van der Waals surface area contributed by atoms with Crippen LogP contribution in [-0.2, 0) is 4.79 Å². The van der Waals surface area contributed by atoms with E-state index in [4.69, 9.17) is 0 Å². The summed E-state index contributed by atoms with van der Waals surface area (Å²) in [5.41, 5.74) is -0.846. The summed E-state index contributed by atoms with van der Waals surface area (Å²) in [6, 6.07) is 0. The van der Waals surface area contributed by atoms with E-state index in [-0.39, 0.29) is 34.6 Å². The molecule has 4 saturated carbocycles. The van der Waals surface area contributed by atoms with Gasteiger partial charge in [0.1, 0.15) is 5.78 Å². The molecule has 4 rings (SSSR count). The van der Waals surface area contributed by atoms with Crippen LogP contribution >= 0.6 is 0 Å². The lowest BCUT2D eigenvalue weighted by molar-refractivity contribution is -0.174. The summed E-state index contributed by atoms with van der Waals surface area (Å²) in [5, 5.41) is 41.7. The quantitative estimate of drug-likeness (QED) is 0.529. The highest BCUT2D eigenvalue weighted by molar-refractivity contribution is 5.83. The second-order valence-corrected chi connectivity index (χ2v) is 12.7. The zero-order valence-corrected chi connectivity index (χ0v) is 19.9. The molecule has 5 heteroatoms. The largest absolute Gasteiger partial charge is 0.393 e. The average molecular weight is 437 g/mol. The fourth-order valence-corrected chi connectivity index (χ4v) is 8.69. The number of ketones is 1. The molecule has 5 nitrogen and oxygen atoms in total. The number of rotatable bonds is 5. The first kappa shape index (κ1) is 23.7. The number of fused-ring (bicyclic) bond motifs is 5. The summed E-state index contributed by atoms with van der Waals surface area (Å²) >= 11 is 0. The highest BCUT2D eigenvalue weighted by Crippen LogP contribution is 2.67. The van der Waals surface area contributed by atoms with Crippen molar-refractivity contribution in [2.45, 2.75) is 116 Å². The van der Waals surface area contributed by atoms with Crippen LogP contribution < -0.4 is 0 Å². The average Bonchev–Trinajstić information content (AvgIpc) is 3.00. The Morgan fingerprint density at radius 3 is 2.42 bits per heavy atom. The predicted molar refractivity (Wildman–Crippen MR) is 119 cm³/mol. The van der Waals surface area contributed by atoms with Gasteiger partial charge in [-0.2, -0.15) is 0 Å². The maximum atomic E-state index is 13.2. The van der Waals surface area contributed by atoms with E-state index in [2.05, 4.69) is 13.8 Å². The Labute approximate surface area is 187 Å². The summed E-state index contributed by atoms with van der Waals surface area (Å²) in [6.07, 6.45) is 6.16. The minimum absolute atomic E-state index is 0.0611. The normalized spacial score (nSPS) is 48.6. The van der Waals surface area contributed by atoms with Gasteiger partial charge in [-0.3, -0.25) is 4.79 Å². The van der Waals surface area contributed by atoms with Gasteiger partial charge in [-0.1, -0.05) is 13.8 Å². The number of carbonyl (C=O) groups is 1. The minimum atomic E-state index is -0.776. The molecule has 4 N–H and O–H groups in total. The van der Waals surface area contributed by atoms with Gasteiger partial charge >= 0.3 is 0 Å². The van der Waals surface area contributed by atoms with E-state index in [1.165, 1.54) is 0 Å². The van der Waals surface area contributed by atoms with Gasteiger partial charge in [0.25, 0.3) is 0 Å². The molecule has 4 aliphatic rings. The molecule has 0 spiro atoms. The van der Waals surface area contributed by atoms with Crippen LogP contribution in [0.4, 0.5) is 0 Å². The number of hydrogen-bond donors (Lipinski definition) is 4. The van der Waals surface area contributed by atoms with Gasteiger partial charge in [-0.05, 0) is 106 Å². The number of hydrogen-bond acceptors (Lipinski definition) is 5. The summed E-state index contributed by atoms with van der Waals surface area (Å²) in [7, 11) is 0. The molecule has 178 valence electrons. The zero-order chi connectivity index (χ0) is 22.8. The molecule has 0 saturated heterocycles. The standard InChI is InChI=1S/C26H44O5/c1-24(2,31)10-5-6-20(27)18-8-7-16-15-12-21(28)19-13-22(29)23(30)14-26(19,4)17(15)9-11-25(16,18)3/h15-20,22-23,27,29-31H,5-14H2,1-4H3. The van der Waals surface area contributed by atoms with E-state index in [0.29, 0.717) is 43.4 Å². The van der Waals surface area contributed by atoms with Crippen LogP contribution in [0.2, 0.25) is 0 Å². The van der Waals surface area contributed by atoms with E-state index >= 15 is 0 Å². The van der Waals surface area contributed by atoms with Gasteiger partial charge in [0.15, 0.2) is 0 Å². The van der Waals surface area contributed by atoms with Crippen LogP contribution in [0.3, 0.4) is 0 Å². The van der Waals surface area contributed by atoms with Crippen LogP contribution in [0.15, 0.2) is 0 Å². The number of aliphatic hydroxyl groups excluding tert-OH is 3. The second-order valence-electron chi connectivity index (χ2n) is 12.7. The third kappa shape index (κ3) is 4.02. The highest BCUT2D eigenvalue weighted by Gasteiger charge is 2.63. The summed E-state index contributed by atoms with van der Waals surface area (Å²) in [6.45, 7) is 8.19. The van der Waals surface area contributed by atoms with Crippen molar-refractivity contribution in [3.8, 4) is 0 Å². The van der Waals surface area contributed by atoms with E-state index in [1.54, 1.807) is 0 Å². The maximum Gasteiger partial charge on any atom is 0.136 e. The molecular formula is C26H44O5. The topological polar surface area (TPSA) is 98.0 Å². The molecule has 0 aromatic rings. The van der Waals surface area contributed by atoms with E-state index in [0.717, 1.165) is 38.5 Å². The molecule has 0 heterocycles. The van der Waals surface area contributed by atoms with Crippen molar-refractivity contribution in [1.82, 2.24) is 0 Å². The first-order valence-electron chi connectivity index (χ1n) is 12.7. The Bertz CT molecular complexity index is 686. The SMILES string of the molecule is CC(C)(O)CCCC(O)C1CCC2C3CC(=O)C4CC(O)C(O)CC4(C)C3CCC12C. The third-order valence-electron chi connectivity index (χ3n) is 10.3. The van der Waals surface area contributed by atoms with Crippen molar-refractivity contribution in [1.29, 1.82) is 0 Å². The van der Waals surface area contributed by atoms with Crippen molar-refractivity contribution < 1.29 is 25.2 Å². The lowest BCUT2D eigenvalue weighted by atomic mass is 9.44. The van der Waals surface area contributed by atoms with E-state index in [9.17, 15) is 25.2 Å². The summed E-state index contributed by atoms with van der Waals surface area (Å²) in [5.74, 6) is 1.63. The van der Waals surface area contributed by atoms with Crippen molar-refractivity contribution >= 4 is 5.78 Å².